The number of aryl methyl sites for hydroxylation is 1. The van der Waals surface area contributed by atoms with Crippen molar-refractivity contribution >= 4 is 17.6 Å². The molecule has 2 N–H and O–H groups in total. The number of hydrogen-bond donors (Lipinski definition) is 2. The monoisotopic (exact) mass is 233 g/mol. The van der Waals surface area contributed by atoms with Crippen LogP contribution in [0, 0.1) is 5.92 Å². The summed E-state index contributed by atoms with van der Waals surface area (Å²) in [7, 11) is 0. The number of benzene rings is 1. The number of carboxylic acid groups (broad SMARTS) is 1. The van der Waals surface area contributed by atoms with E-state index in [1.54, 1.807) is 0 Å². The lowest BCUT2D eigenvalue weighted by molar-refractivity contribution is -0.137. The lowest BCUT2D eigenvalue weighted by Gasteiger charge is -2.06. The summed E-state index contributed by atoms with van der Waals surface area (Å²) in [6.45, 7) is 0. The van der Waals surface area contributed by atoms with E-state index in [9.17, 15) is 9.59 Å². The van der Waals surface area contributed by atoms with Gasteiger partial charge in [0.05, 0.1) is 0 Å². The number of anilines is 1. The molecule has 0 heterocycles. The summed E-state index contributed by atoms with van der Waals surface area (Å²) in [5, 5.41) is 11.4. The average Bonchev–Trinajstić information content (AvgIpc) is 3.10. The molecule has 0 atom stereocenters. The zero-order chi connectivity index (χ0) is 12.3. The van der Waals surface area contributed by atoms with E-state index < -0.39 is 5.97 Å². The van der Waals surface area contributed by atoms with Gasteiger partial charge < -0.3 is 10.4 Å². The molecule has 1 aliphatic carbocycles. The molecule has 90 valence electrons. The molecule has 0 unspecified atom stereocenters. The van der Waals surface area contributed by atoms with Gasteiger partial charge in [0.15, 0.2) is 0 Å². The smallest absolute Gasteiger partial charge is 0.303 e. The standard InChI is InChI=1S/C13H15NO3/c15-12(16)7-4-9-2-1-3-11(8-9)14-13(17)10-5-6-10/h1-3,8,10H,4-7H2,(H,14,17)(H,15,16). The molecule has 1 aromatic carbocycles. The van der Waals surface area contributed by atoms with Crippen LogP contribution >= 0.6 is 0 Å². The highest BCUT2D eigenvalue weighted by Gasteiger charge is 2.29. The fourth-order valence-corrected chi connectivity index (χ4v) is 1.65. The van der Waals surface area contributed by atoms with Crippen LogP contribution in [0.4, 0.5) is 5.69 Å². The molecule has 1 aromatic rings. The molecule has 1 amide bonds. The van der Waals surface area contributed by atoms with Crippen molar-refractivity contribution in [2.24, 2.45) is 5.92 Å². The van der Waals surface area contributed by atoms with Crippen molar-refractivity contribution in [1.29, 1.82) is 0 Å². The molecule has 0 saturated heterocycles. The minimum absolute atomic E-state index is 0.0698. The van der Waals surface area contributed by atoms with Crippen molar-refractivity contribution in [1.82, 2.24) is 0 Å². The topological polar surface area (TPSA) is 66.4 Å². The molecule has 0 bridgehead atoms. The maximum atomic E-state index is 11.5. The summed E-state index contributed by atoms with van der Waals surface area (Å²) in [6, 6.07) is 7.36. The number of carbonyl (C=O) groups is 2. The van der Waals surface area contributed by atoms with Gasteiger partial charge in [-0.1, -0.05) is 12.1 Å². The van der Waals surface area contributed by atoms with E-state index in [1.807, 2.05) is 24.3 Å². The maximum Gasteiger partial charge on any atom is 0.303 e. The van der Waals surface area contributed by atoms with Crippen LogP contribution in [0.3, 0.4) is 0 Å². The first-order valence-corrected chi connectivity index (χ1v) is 5.77. The molecule has 4 heteroatoms. The average molecular weight is 233 g/mol. The predicted octanol–water partition coefficient (Wildman–Crippen LogP) is 2.05. The highest BCUT2D eigenvalue weighted by Crippen LogP contribution is 2.30. The second-order valence-corrected chi connectivity index (χ2v) is 4.36. The van der Waals surface area contributed by atoms with Crippen molar-refractivity contribution < 1.29 is 14.7 Å². The number of amides is 1. The van der Waals surface area contributed by atoms with Crippen LogP contribution in [0.2, 0.25) is 0 Å². The second-order valence-electron chi connectivity index (χ2n) is 4.36. The predicted molar refractivity (Wildman–Crippen MR) is 63.8 cm³/mol. The maximum absolute atomic E-state index is 11.5. The molecule has 1 fully saturated rings. The van der Waals surface area contributed by atoms with Crippen LogP contribution in [0.25, 0.3) is 0 Å². The number of rotatable bonds is 5. The van der Waals surface area contributed by atoms with Crippen molar-refractivity contribution in [3.05, 3.63) is 29.8 Å². The van der Waals surface area contributed by atoms with Crippen LogP contribution in [0.15, 0.2) is 24.3 Å². The van der Waals surface area contributed by atoms with Gasteiger partial charge in [0, 0.05) is 18.0 Å². The third-order valence-electron chi connectivity index (χ3n) is 2.77. The highest BCUT2D eigenvalue weighted by molar-refractivity contribution is 5.94. The third kappa shape index (κ3) is 3.59. The Morgan fingerprint density at radius 1 is 1.35 bits per heavy atom. The molecular formula is C13H15NO3. The van der Waals surface area contributed by atoms with Gasteiger partial charge in [-0.2, -0.15) is 0 Å². The fraction of sp³-hybridized carbons (Fsp3) is 0.385. The van der Waals surface area contributed by atoms with Crippen molar-refractivity contribution in [3.8, 4) is 0 Å². The lowest BCUT2D eigenvalue weighted by atomic mass is 10.1. The molecule has 4 nitrogen and oxygen atoms in total. The first kappa shape index (κ1) is 11.6. The summed E-state index contributed by atoms with van der Waals surface area (Å²) in [5.74, 6) is -0.560. The minimum atomic E-state index is -0.808. The van der Waals surface area contributed by atoms with Gasteiger partial charge >= 0.3 is 5.97 Å². The SMILES string of the molecule is O=C(O)CCc1cccc(NC(=O)C2CC2)c1. The van der Waals surface area contributed by atoms with Gasteiger partial charge in [0.25, 0.3) is 0 Å². The van der Waals surface area contributed by atoms with Crippen molar-refractivity contribution in [2.45, 2.75) is 25.7 Å². The van der Waals surface area contributed by atoms with Crippen LogP contribution in [0.1, 0.15) is 24.8 Å². The van der Waals surface area contributed by atoms with E-state index in [-0.39, 0.29) is 18.2 Å². The van der Waals surface area contributed by atoms with Gasteiger partial charge in [0.1, 0.15) is 0 Å². The second kappa shape index (κ2) is 4.99. The molecule has 0 aromatic heterocycles. The Labute approximate surface area is 99.6 Å². The molecule has 1 saturated carbocycles. The van der Waals surface area contributed by atoms with E-state index in [0.717, 1.165) is 24.1 Å². The third-order valence-corrected chi connectivity index (χ3v) is 2.77. The zero-order valence-corrected chi connectivity index (χ0v) is 9.48. The Balaban J connectivity index is 1.95. The van der Waals surface area contributed by atoms with Gasteiger partial charge in [-0.25, -0.2) is 0 Å². The first-order valence-electron chi connectivity index (χ1n) is 5.77. The van der Waals surface area contributed by atoms with E-state index in [0.29, 0.717) is 6.42 Å². The van der Waals surface area contributed by atoms with Crippen molar-refractivity contribution in [2.75, 3.05) is 5.32 Å². The molecular weight excluding hydrogens is 218 g/mol. The van der Waals surface area contributed by atoms with E-state index >= 15 is 0 Å². The van der Waals surface area contributed by atoms with Gasteiger partial charge in [-0.05, 0) is 37.0 Å². The zero-order valence-electron chi connectivity index (χ0n) is 9.48. The van der Waals surface area contributed by atoms with E-state index in [1.165, 1.54) is 0 Å². The van der Waals surface area contributed by atoms with Gasteiger partial charge in [-0.3, -0.25) is 9.59 Å². The summed E-state index contributed by atoms with van der Waals surface area (Å²) in [4.78, 5) is 22.0. The normalized spacial score (nSPS) is 14.4. The number of nitrogens with one attached hydrogen (secondary N) is 1. The molecule has 0 aliphatic heterocycles. The highest BCUT2D eigenvalue weighted by atomic mass is 16.4. The Morgan fingerprint density at radius 2 is 2.12 bits per heavy atom. The molecule has 1 aliphatic rings. The van der Waals surface area contributed by atoms with Gasteiger partial charge in [0.2, 0.25) is 5.91 Å². The summed E-state index contributed by atoms with van der Waals surface area (Å²) in [6.07, 6.45) is 2.55. The molecule has 0 radical (unpaired) electrons. The number of carboxylic acids is 1. The van der Waals surface area contributed by atoms with Gasteiger partial charge in [-0.15, -0.1) is 0 Å². The van der Waals surface area contributed by atoms with E-state index in [4.69, 9.17) is 5.11 Å². The Bertz CT molecular complexity index is 438. The summed E-state index contributed by atoms with van der Waals surface area (Å²) in [5.41, 5.74) is 1.69. The van der Waals surface area contributed by atoms with Crippen molar-refractivity contribution in [3.63, 3.8) is 0 Å². The Morgan fingerprint density at radius 3 is 2.76 bits per heavy atom. The molecule has 0 spiro atoms. The Hall–Kier alpha value is -1.84. The molecule has 17 heavy (non-hydrogen) atoms. The molecule has 2 rings (SSSR count). The van der Waals surface area contributed by atoms with Crippen LogP contribution in [-0.4, -0.2) is 17.0 Å². The number of carbonyl (C=O) groups excluding carboxylic acids is 1. The summed E-state index contributed by atoms with van der Waals surface area (Å²) < 4.78 is 0. The minimum Gasteiger partial charge on any atom is -0.481 e. The summed E-state index contributed by atoms with van der Waals surface area (Å²) >= 11 is 0. The quantitative estimate of drug-likeness (QED) is 0.818. The van der Waals surface area contributed by atoms with Crippen LogP contribution < -0.4 is 5.32 Å². The Kier molecular flexibility index (Phi) is 3.42. The lowest BCUT2D eigenvalue weighted by Crippen LogP contribution is -2.13. The number of hydrogen-bond acceptors (Lipinski definition) is 2. The van der Waals surface area contributed by atoms with Crippen LogP contribution in [0.5, 0.6) is 0 Å². The number of aliphatic carboxylic acids is 1. The largest absolute Gasteiger partial charge is 0.481 e. The first-order chi connectivity index (χ1) is 8.15. The fourth-order valence-electron chi connectivity index (χ4n) is 1.65. The van der Waals surface area contributed by atoms with E-state index in [2.05, 4.69) is 5.32 Å². The van der Waals surface area contributed by atoms with Crippen LogP contribution in [-0.2, 0) is 16.0 Å².